The van der Waals surface area contributed by atoms with Crippen molar-refractivity contribution >= 4 is 5.91 Å². The smallest absolute Gasteiger partial charge is 0.239 e. The molecule has 0 aliphatic carbocycles. The van der Waals surface area contributed by atoms with E-state index in [1.54, 1.807) is 6.20 Å². The van der Waals surface area contributed by atoms with E-state index >= 15 is 0 Å². The first-order chi connectivity index (χ1) is 8.68. The van der Waals surface area contributed by atoms with Gasteiger partial charge in [0.05, 0.1) is 12.2 Å². The zero-order valence-electron chi connectivity index (χ0n) is 11.2. The van der Waals surface area contributed by atoms with Crippen LogP contribution in [-0.2, 0) is 11.3 Å². The maximum atomic E-state index is 12.2. The van der Waals surface area contributed by atoms with Crippen molar-refractivity contribution in [2.75, 3.05) is 13.1 Å². The maximum absolute atomic E-state index is 12.2. The normalized spacial score (nSPS) is 17.8. The van der Waals surface area contributed by atoms with Crippen LogP contribution < -0.4 is 5.32 Å². The van der Waals surface area contributed by atoms with Crippen LogP contribution in [0.3, 0.4) is 0 Å². The molecule has 2 N–H and O–H groups in total. The second-order valence-corrected chi connectivity index (χ2v) is 5.01. The number of aryl methyl sites for hydroxylation is 1. The third-order valence-electron chi connectivity index (χ3n) is 3.57. The summed E-state index contributed by atoms with van der Waals surface area (Å²) in [5.41, 5.74) is 2.17. The topological polar surface area (TPSA) is 61.0 Å². The van der Waals surface area contributed by atoms with E-state index in [-0.39, 0.29) is 11.9 Å². The van der Waals surface area contributed by atoms with Gasteiger partial charge >= 0.3 is 0 Å². The first kappa shape index (κ1) is 13.1. The Balaban J connectivity index is 1.82. The quantitative estimate of drug-likeness (QED) is 0.844. The van der Waals surface area contributed by atoms with E-state index in [0.29, 0.717) is 6.54 Å². The van der Waals surface area contributed by atoms with E-state index in [2.05, 4.69) is 15.5 Å². The van der Waals surface area contributed by atoms with Crippen molar-refractivity contribution in [3.63, 3.8) is 0 Å². The molecule has 1 aliphatic rings. The molecule has 0 bridgehead atoms. The number of carbonyl (C=O) groups is 1. The number of likely N-dealkylation sites (tertiary alicyclic amines) is 1. The highest BCUT2D eigenvalue weighted by atomic mass is 16.2. The van der Waals surface area contributed by atoms with Crippen molar-refractivity contribution in [1.29, 1.82) is 0 Å². The Morgan fingerprint density at radius 3 is 2.83 bits per heavy atom. The third kappa shape index (κ3) is 3.10. The Bertz CT molecular complexity index is 395. The Morgan fingerprint density at radius 2 is 2.22 bits per heavy atom. The first-order valence-corrected chi connectivity index (χ1v) is 6.69. The maximum Gasteiger partial charge on any atom is 0.239 e. The lowest BCUT2D eigenvalue weighted by atomic mass is 10.1. The Morgan fingerprint density at radius 1 is 1.50 bits per heavy atom. The monoisotopic (exact) mass is 250 g/mol. The van der Waals surface area contributed by atoms with Gasteiger partial charge in [-0.1, -0.05) is 0 Å². The second kappa shape index (κ2) is 6.00. The number of aromatic nitrogens is 2. The van der Waals surface area contributed by atoms with Crippen LogP contribution in [-0.4, -0.2) is 40.1 Å². The Labute approximate surface area is 108 Å². The van der Waals surface area contributed by atoms with Crippen LogP contribution in [0.4, 0.5) is 0 Å². The van der Waals surface area contributed by atoms with Gasteiger partial charge in [-0.05, 0) is 33.1 Å². The fourth-order valence-electron chi connectivity index (χ4n) is 2.29. The molecule has 1 amide bonds. The minimum Gasteiger partial charge on any atom is -0.341 e. The fourth-order valence-corrected chi connectivity index (χ4v) is 2.29. The van der Waals surface area contributed by atoms with E-state index in [4.69, 9.17) is 0 Å². The lowest BCUT2D eigenvalue weighted by Gasteiger charge is -2.29. The summed E-state index contributed by atoms with van der Waals surface area (Å²) in [6, 6.07) is -0.127. The zero-order valence-corrected chi connectivity index (χ0v) is 11.2. The summed E-state index contributed by atoms with van der Waals surface area (Å²) in [6.45, 7) is 6.43. The van der Waals surface area contributed by atoms with E-state index in [9.17, 15) is 4.79 Å². The van der Waals surface area contributed by atoms with Crippen molar-refractivity contribution in [3.8, 4) is 0 Å². The molecule has 1 saturated heterocycles. The molecule has 1 aromatic rings. The van der Waals surface area contributed by atoms with Gasteiger partial charge in [0.15, 0.2) is 0 Å². The number of amides is 1. The lowest BCUT2D eigenvalue weighted by Crippen LogP contribution is -2.46. The van der Waals surface area contributed by atoms with Crippen molar-refractivity contribution in [2.45, 2.75) is 45.7 Å². The van der Waals surface area contributed by atoms with Crippen molar-refractivity contribution in [3.05, 3.63) is 17.5 Å². The van der Waals surface area contributed by atoms with Gasteiger partial charge in [0.1, 0.15) is 0 Å². The molecule has 5 heteroatoms. The second-order valence-electron chi connectivity index (χ2n) is 5.01. The average Bonchev–Trinajstić information content (AvgIpc) is 2.81. The molecule has 2 rings (SSSR count). The van der Waals surface area contributed by atoms with Crippen molar-refractivity contribution in [2.24, 2.45) is 0 Å². The molecule has 1 atom stereocenters. The molecule has 1 fully saturated rings. The molecule has 100 valence electrons. The molecular weight excluding hydrogens is 228 g/mol. The molecule has 1 aliphatic heterocycles. The number of piperidine rings is 1. The molecule has 1 unspecified atom stereocenters. The minimum atomic E-state index is -0.127. The fraction of sp³-hybridized carbons (Fsp3) is 0.692. The van der Waals surface area contributed by atoms with E-state index in [1.165, 1.54) is 6.42 Å². The van der Waals surface area contributed by atoms with Gasteiger partial charge in [-0.15, -0.1) is 0 Å². The molecule has 0 aromatic carbocycles. The number of rotatable bonds is 4. The molecule has 18 heavy (non-hydrogen) atoms. The molecule has 0 radical (unpaired) electrons. The number of carbonyl (C=O) groups excluding carboxylic acids is 1. The standard InChI is InChI=1S/C13H22N4O/c1-10-12(9-15-16-10)8-14-11(2)13(18)17-6-4-3-5-7-17/h9,11,14H,3-8H2,1-2H3,(H,15,16). The molecule has 1 aromatic heterocycles. The van der Waals surface area contributed by atoms with Crippen LogP contribution in [0, 0.1) is 6.92 Å². The number of H-pyrrole nitrogens is 1. The largest absolute Gasteiger partial charge is 0.341 e. The van der Waals surface area contributed by atoms with Gasteiger partial charge in [0, 0.05) is 30.9 Å². The van der Waals surface area contributed by atoms with Crippen molar-refractivity contribution < 1.29 is 4.79 Å². The highest BCUT2D eigenvalue weighted by Gasteiger charge is 2.21. The molecule has 0 spiro atoms. The number of nitrogens with zero attached hydrogens (tertiary/aromatic N) is 2. The SMILES string of the molecule is Cc1[nH]ncc1CNC(C)C(=O)N1CCCCC1. The predicted octanol–water partition coefficient (Wildman–Crippen LogP) is 1.21. The number of hydrogen-bond donors (Lipinski definition) is 2. The van der Waals surface area contributed by atoms with Gasteiger partial charge in [0.25, 0.3) is 0 Å². The van der Waals surface area contributed by atoms with Crippen LogP contribution in [0.25, 0.3) is 0 Å². The Hall–Kier alpha value is -1.36. The molecule has 2 heterocycles. The van der Waals surface area contributed by atoms with Crippen LogP contribution in [0.1, 0.15) is 37.4 Å². The number of aromatic amines is 1. The summed E-state index contributed by atoms with van der Waals surface area (Å²) < 4.78 is 0. The zero-order chi connectivity index (χ0) is 13.0. The highest BCUT2D eigenvalue weighted by molar-refractivity contribution is 5.81. The van der Waals surface area contributed by atoms with Gasteiger partial charge in [-0.2, -0.15) is 5.10 Å². The molecular formula is C13H22N4O. The van der Waals surface area contributed by atoms with Gasteiger partial charge in [-0.25, -0.2) is 0 Å². The number of hydrogen-bond acceptors (Lipinski definition) is 3. The molecule has 0 saturated carbocycles. The summed E-state index contributed by atoms with van der Waals surface area (Å²) in [5, 5.41) is 10.1. The Kier molecular flexibility index (Phi) is 4.36. The lowest BCUT2D eigenvalue weighted by molar-refractivity contribution is -0.133. The van der Waals surface area contributed by atoms with Crippen LogP contribution in [0.15, 0.2) is 6.20 Å². The predicted molar refractivity (Wildman–Crippen MR) is 70.1 cm³/mol. The van der Waals surface area contributed by atoms with Gasteiger partial charge in [0.2, 0.25) is 5.91 Å². The first-order valence-electron chi connectivity index (χ1n) is 6.69. The van der Waals surface area contributed by atoms with Crippen LogP contribution in [0.5, 0.6) is 0 Å². The minimum absolute atomic E-state index is 0.127. The van der Waals surface area contributed by atoms with E-state index < -0.39 is 0 Å². The summed E-state index contributed by atoms with van der Waals surface area (Å²) >= 11 is 0. The van der Waals surface area contributed by atoms with Crippen molar-refractivity contribution in [1.82, 2.24) is 20.4 Å². The summed E-state index contributed by atoms with van der Waals surface area (Å²) in [4.78, 5) is 14.2. The highest BCUT2D eigenvalue weighted by Crippen LogP contribution is 2.10. The molecule has 5 nitrogen and oxygen atoms in total. The summed E-state index contributed by atoms with van der Waals surface area (Å²) in [7, 11) is 0. The van der Waals surface area contributed by atoms with E-state index in [0.717, 1.165) is 37.2 Å². The third-order valence-corrected chi connectivity index (χ3v) is 3.57. The van der Waals surface area contributed by atoms with Gasteiger partial charge in [-0.3, -0.25) is 9.89 Å². The van der Waals surface area contributed by atoms with Crippen LogP contribution >= 0.6 is 0 Å². The van der Waals surface area contributed by atoms with Gasteiger partial charge < -0.3 is 10.2 Å². The summed E-state index contributed by atoms with van der Waals surface area (Å²) in [5.74, 6) is 0.218. The average molecular weight is 250 g/mol. The summed E-state index contributed by atoms with van der Waals surface area (Å²) in [6.07, 6.45) is 5.33. The van der Waals surface area contributed by atoms with E-state index in [1.807, 2.05) is 18.7 Å². The number of nitrogens with one attached hydrogen (secondary N) is 2. The van der Waals surface area contributed by atoms with Crippen LogP contribution in [0.2, 0.25) is 0 Å².